The van der Waals surface area contributed by atoms with Gasteiger partial charge in [-0.2, -0.15) is 0 Å². The maximum absolute atomic E-state index is 10.7. The van der Waals surface area contributed by atoms with Gasteiger partial charge in [-0.3, -0.25) is 0 Å². The number of methoxy groups -OCH3 is 1. The number of aliphatic carboxylic acids is 1. The molecule has 14 heavy (non-hydrogen) atoms. The number of ether oxygens (including phenoxy) is 1. The standard InChI is InChI=1S/C9H9ClO3.Na/c1-13-8(9(11)12)6-3-2-4-7(10)5-6;/h2-5,8H,1H3,(H,11,12);/q;+1. The Kier molecular flexibility index (Phi) is 6.40. The normalized spacial score (nSPS) is 11.6. The van der Waals surface area contributed by atoms with Crippen LogP contribution in [-0.2, 0) is 9.53 Å². The van der Waals surface area contributed by atoms with Crippen LogP contribution in [0.25, 0.3) is 0 Å². The largest absolute Gasteiger partial charge is 1.00 e. The molecule has 0 radical (unpaired) electrons. The molecule has 0 spiro atoms. The Hall–Kier alpha value is -0.0600. The summed E-state index contributed by atoms with van der Waals surface area (Å²) in [6, 6.07) is 6.60. The zero-order valence-electron chi connectivity index (χ0n) is 8.03. The predicted molar refractivity (Wildman–Crippen MR) is 48.8 cm³/mol. The van der Waals surface area contributed by atoms with Gasteiger partial charge in [-0.1, -0.05) is 23.7 Å². The first-order chi connectivity index (χ1) is 6.15. The van der Waals surface area contributed by atoms with Gasteiger partial charge >= 0.3 is 35.5 Å². The van der Waals surface area contributed by atoms with Crippen LogP contribution in [0, 0.1) is 0 Å². The summed E-state index contributed by atoms with van der Waals surface area (Å²) in [6.07, 6.45) is -0.946. The van der Waals surface area contributed by atoms with E-state index in [1.807, 2.05) is 0 Å². The second kappa shape index (κ2) is 6.43. The Bertz CT molecular complexity index is 317. The Morgan fingerprint density at radius 1 is 1.57 bits per heavy atom. The first-order valence-corrected chi connectivity index (χ1v) is 4.04. The molecule has 0 saturated heterocycles. The number of halogens is 1. The molecule has 0 aliphatic carbocycles. The van der Waals surface area contributed by atoms with E-state index < -0.39 is 12.1 Å². The summed E-state index contributed by atoms with van der Waals surface area (Å²) >= 11 is 5.70. The average molecular weight is 224 g/mol. The summed E-state index contributed by atoms with van der Waals surface area (Å²) in [4.78, 5) is 10.7. The van der Waals surface area contributed by atoms with Crippen molar-refractivity contribution >= 4 is 17.6 Å². The third-order valence-electron chi connectivity index (χ3n) is 1.61. The van der Waals surface area contributed by atoms with Crippen LogP contribution in [0.3, 0.4) is 0 Å². The van der Waals surface area contributed by atoms with Gasteiger partial charge in [-0.05, 0) is 17.7 Å². The molecule has 1 aromatic carbocycles. The molecule has 0 heterocycles. The van der Waals surface area contributed by atoms with E-state index in [0.717, 1.165) is 0 Å². The van der Waals surface area contributed by atoms with E-state index in [9.17, 15) is 4.79 Å². The molecule has 1 rings (SSSR count). The van der Waals surface area contributed by atoms with Crippen molar-refractivity contribution < 1.29 is 44.2 Å². The SMILES string of the molecule is COC(C(=O)O)c1cccc(Cl)c1.[Na+]. The molecule has 0 aromatic heterocycles. The van der Waals surface area contributed by atoms with Gasteiger partial charge in [0.25, 0.3) is 0 Å². The number of hydrogen-bond donors (Lipinski definition) is 1. The first-order valence-electron chi connectivity index (χ1n) is 3.66. The van der Waals surface area contributed by atoms with Gasteiger partial charge in [0, 0.05) is 12.1 Å². The molecule has 0 aliphatic heterocycles. The fraction of sp³-hybridized carbons (Fsp3) is 0.222. The molecule has 1 atom stereocenters. The third kappa shape index (κ3) is 3.59. The Labute approximate surface area is 109 Å². The maximum atomic E-state index is 10.7. The molecule has 0 bridgehead atoms. The molecule has 0 saturated carbocycles. The van der Waals surface area contributed by atoms with Crippen LogP contribution in [0.4, 0.5) is 0 Å². The van der Waals surface area contributed by atoms with Crippen molar-refractivity contribution in [2.24, 2.45) is 0 Å². The quantitative estimate of drug-likeness (QED) is 0.677. The molecule has 1 unspecified atom stereocenters. The Morgan fingerprint density at radius 3 is 2.64 bits per heavy atom. The number of rotatable bonds is 3. The van der Waals surface area contributed by atoms with E-state index >= 15 is 0 Å². The van der Waals surface area contributed by atoms with E-state index in [2.05, 4.69) is 0 Å². The van der Waals surface area contributed by atoms with E-state index in [0.29, 0.717) is 10.6 Å². The van der Waals surface area contributed by atoms with Crippen LogP contribution in [0.15, 0.2) is 24.3 Å². The molecule has 0 fully saturated rings. The predicted octanol–water partition coefficient (Wildman–Crippen LogP) is -0.884. The monoisotopic (exact) mass is 223 g/mol. The van der Waals surface area contributed by atoms with Crippen molar-refractivity contribution in [1.29, 1.82) is 0 Å². The average Bonchev–Trinajstić information content (AvgIpc) is 2.04. The van der Waals surface area contributed by atoms with Crippen molar-refractivity contribution in [3.63, 3.8) is 0 Å². The van der Waals surface area contributed by atoms with Gasteiger partial charge in [-0.15, -0.1) is 0 Å². The van der Waals surface area contributed by atoms with Gasteiger partial charge in [-0.25, -0.2) is 4.79 Å². The molecule has 1 aromatic rings. The summed E-state index contributed by atoms with van der Waals surface area (Å²) in [5.41, 5.74) is 0.544. The fourth-order valence-electron chi connectivity index (χ4n) is 1.05. The van der Waals surface area contributed by atoms with Crippen molar-refractivity contribution in [1.82, 2.24) is 0 Å². The van der Waals surface area contributed by atoms with Crippen molar-refractivity contribution in [2.45, 2.75) is 6.10 Å². The zero-order chi connectivity index (χ0) is 9.84. The summed E-state index contributed by atoms with van der Waals surface area (Å²) in [6.45, 7) is 0. The first kappa shape index (κ1) is 13.9. The van der Waals surface area contributed by atoms with Crippen LogP contribution in [0.2, 0.25) is 5.02 Å². The van der Waals surface area contributed by atoms with E-state index in [-0.39, 0.29) is 29.6 Å². The molecular weight excluding hydrogens is 215 g/mol. The van der Waals surface area contributed by atoms with Gasteiger partial charge in [0.15, 0.2) is 6.10 Å². The molecule has 0 amide bonds. The number of carboxylic acid groups (broad SMARTS) is 1. The van der Waals surface area contributed by atoms with Crippen molar-refractivity contribution in [3.05, 3.63) is 34.9 Å². The smallest absolute Gasteiger partial charge is 0.479 e. The Balaban J connectivity index is 0.00000169. The van der Waals surface area contributed by atoms with Gasteiger partial charge < -0.3 is 9.84 Å². The van der Waals surface area contributed by atoms with Crippen LogP contribution < -0.4 is 29.6 Å². The van der Waals surface area contributed by atoms with E-state index in [1.165, 1.54) is 7.11 Å². The molecule has 1 N–H and O–H groups in total. The Morgan fingerprint density at radius 2 is 2.21 bits per heavy atom. The van der Waals surface area contributed by atoms with Gasteiger partial charge in [0.05, 0.1) is 0 Å². The minimum atomic E-state index is -1.02. The minimum absolute atomic E-state index is 0. The molecular formula is C9H9ClNaO3+. The number of hydrogen-bond acceptors (Lipinski definition) is 2. The second-order valence-corrected chi connectivity index (χ2v) is 2.95. The maximum Gasteiger partial charge on any atom is 1.00 e. The number of carbonyl (C=O) groups is 1. The van der Waals surface area contributed by atoms with Crippen molar-refractivity contribution in [3.8, 4) is 0 Å². The summed E-state index contributed by atoms with van der Waals surface area (Å²) in [5.74, 6) is -1.02. The van der Waals surface area contributed by atoms with E-state index in [1.54, 1.807) is 24.3 Å². The topological polar surface area (TPSA) is 46.5 Å². The van der Waals surface area contributed by atoms with Gasteiger partial charge in [0.2, 0.25) is 0 Å². The molecule has 70 valence electrons. The van der Waals surface area contributed by atoms with Crippen LogP contribution in [-0.4, -0.2) is 18.2 Å². The van der Waals surface area contributed by atoms with Crippen LogP contribution >= 0.6 is 11.6 Å². The fourth-order valence-corrected chi connectivity index (χ4v) is 1.25. The minimum Gasteiger partial charge on any atom is -0.479 e. The van der Waals surface area contributed by atoms with Crippen LogP contribution in [0.5, 0.6) is 0 Å². The summed E-state index contributed by atoms with van der Waals surface area (Å²) in [7, 11) is 1.35. The zero-order valence-corrected chi connectivity index (χ0v) is 10.8. The molecule has 0 aliphatic rings. The third-order valence-corrected chi connectivity index (χ3v) is 1.85. The number of benzene rings is 1. The summed E-state index contributed by atoms with van der Waals surface area (Å²) < 4.78 is 4.79. The van der Waals surface area contributed by atoms with E-state index in [4.69, 9.17) is 21.4 Å². The number of carboxylic acids is 1. The summed E-state index contributed by atoms with van der Waals surface area (Å²) in [5, 5.41) is 9.25. The molecule has 3 nitrogen and oxygen atoms in total. The second-order valence-electron chi connectivity index (χ2n) is 2.51. The van der Waals surface area contributed by atoms with Crippen molar-refractivity contribution in [2.75, 3.05) is 7.11 Å². The van der Waals surface area contributed by atoms with Crippen LogP contribution in [0.1, 0.15) is 11.7 Å². The molecule has 5 heteroatoms. The van der Waals surface area contributed by atoms with Gasteiger partial charge in [0.1, 0.15) is 0 Å².